The van der Waals surface area contributed by atoms with Crippen LogP contribution in [-0.2, 0) is 0 Å². The molecule has 0 radical (unpaired) electrons. The van der Waals surface area contributed by atoms with Crippen LogP contribution in [0.15, 0.2) is 36.5 Å². The van der Waals surface area contributed by atoms with E-state index in [9.17, 15) is 9.18 Å². The van der Waals surface area contributed by atoms with Crippen LogP contribution in [-0.4, -0.2) is 17.4 Å². The van der Waals surface area contributed by atoms with E-state index >= 15 is 0 Å². The van der Waals surface area contributed by atoms with Crippen molar-refractivity contribution in [3.8, 4) is 0 Å². The molecule has 0 aliphatic carbocycles. The molecule has 2 atom stereocenters. The molecule has 0 saturated carbocycles. The van der Waals surface area contributed by atoms with E-state index in [2.05, 4.69) is 11.9 Å². The zero-order valence-corrected chi connectivity index (χ0v) is 13.4. The van der Waals surface area contributed by atoms with E-state index in [1.807, 2.05) is 11.0 Å². The van der Waals surface area contributed by atoms with Crippen molar-refractivity contribution in [3.05, 3.63) is 58.5 Å². The number of carbonyl (C=O) groups is 1. The quantitative estimate of drug-likeness (QED) is 0.934. The Morgan fingerprint density at radius 1 is 1.43 bits per heavy atom. The lowest BCUT2D eigenvalue weighted by Gasteiger charge is -2.27. The Balaban J connectivity index is 2.00. The minimum Gasteiger partial charge on any atom is -0.366 e. The number of nitrogens with two attached hydrogens (primary N) is 1. The first-order chi connectivity index (χ1) is 11.0. The molecule has 1 aliphatic rings. The summed E-state index contributed by atoms with van der Waals surface area (Å²) in [5.74, 6) is 0.121. The van der Waals surface area contributed by atoms with Crippen molar-refractivity contribution in [1.82, 2.24) is 4.98 Å². The lowest BCUT2D eigenvalue weighted by atomic mass is 10.0. The van der Waals surface area contributed by atoms with Gasteiger partial charge in [0.2, 0.25) is 5.91 Å². The van der Waals surface area contributed by atoms with Crippen LogP contribution in [0.25, 0.3) is 0 Å². The van der Waals surface area contributed by atoms with Crippen LogP contribution < -0.4 is 10.6 Å². The molecule has 6 heteroatoms. The normalized spacial score (nSPS) is 20.7. The standard InChI is InChI=1S/C17H17ClFN3O/c1-10-6-15(12-4-2-3-5-14(12)19)22(9-10)17-13(18)7-11(8-21-17)16(20)23/h2-5,7-8,10,15H,6,9H2,1H3,(H2,20,23). The summed E-state index contributed by atoms with van der Waals surface area (Å²) in [6.07, 6.45) is 2.22. The van der Waals surface area contributed by atoms with Crippen molar-refractivity contribution in [2.75, 3.05) is 11.4 Å². The highest BCUT2D eigenvalue weighted by Crippen LogP contribution is 2.41. The highest BCUT2D eigenvalue weighted by molar-refractivity contribution is 6.33. The maximum Gasteiger partial charge on any atom is 0.250 e. The third-order valence-electron chi connectivity index (χ3n) is 4.15. The van der Waals surface area contributed by atoms with Crippen molar-refractivity contribution in [1.29, 1.82) is 0 Å². The number of aromatic nitrogens is 1. The van der Waals surface area contributed by atoms with Gasteiger partial charge in [0.1, 0.15) is 11.6 Å². The molecule has 2 unspecified atom stereocenters. The van der Waals surface area contributed by atoms with Gasteiger partial charge in [-0.15, -0.1) is 0 Å². The number of primary amides is 1. The Kier molecular flexibility index (Phi) is 4.22. The average Bonchev–Trinajstić information content (AvgIpc) is 2.89. The number of hydrogen-bond donors (Lipinski definition) is 1. The van der Waals surface area contributed by atoms with Gasteiger partial charge >= 0.3 is 0 Å². The van der Waals surface area contributed by atoms with Crippen molar-refractivity contribution in [2.45, 2.75) is 19.4 Å². The number of rotatable bonds is 3. The van der Waals surface area contributed by atoms with Crippen molar-refractivity contribution in [2.24, 2.45) is 11.7 Å². The second kappa shape index (κ2) is 6.16. The van der Waals surface area contributed by atoms with Crippen LogP contribution in [0.1, 0.15) is 35.3 Å². The van der Waals surface area contributed by atoms with Crippen LogP contribution in [0.3, 0.4) is 0 Å². The Morgan fingerprint density at radius 2 is 2.17 bits per heavy atom. The number of amides is 1. The molecule has 3 rings (SSSR count). The van der Waals surface area contributed by atoms with Gasteiger partial charge in [-0.25, -0.2) is 9.37 Å². The zero-order valence-electron chi connectivity index (χ0n) is 12.7. The maximum absolute atomic E-state index is 14.2. The summed E-state index contributed by atoms with van der Waals surface area (Å²) in [4.78, 5) is 17.5. The van der Waals surface area contributed by atoms with Crippen LogP contribution in [0.4, 0.5) is 10.2 Å². The van der Waals surface area contributed by atoms with Crippen LogP contribution in [0.2, 0.25) is 5.02 Å². The minimum absolute atomic E-state index is 0.129. The summed E-state index contributed by atoms with van der Waals surface area (Å²) < 4.78 is 14.2. The molecule has 1 aliphatic heterocycles. The number of benzene rings is 1. The summed E-state index contributed by atoms with van der Waals surface area (Å²) >= 11 is 6.29. The molecule has 1 amide bonds. The van der Waals surface area contributed by atoms with E-state index in [1.54, 1.807) is 12.1 Å². The van der Waals surface area contributed by atoms with Crippen LogP contribution in [0, 0.1) is 11.7 Å². The molecule has 23 heavy (non-hydrogen) atoms. The highest BCUT2D eigenvalue weighted by Gasteiger charge is 2.34. The SMILES string of the molecule is CC1CC(c2ccccc2F)N(c2ncc(C(N)=O)cc2Cl)C1. The van der Waals surface area contributed by atoms with Crippen molar-refractivity contribution in [3.63, 3.8) is 0 Å². The molecule has 0 spiro atoms. The third kappa shape index (κ3) is 3.01. The van der Waals surface area contributed by atoms with Gasteiger partial charge in [0.15, 0.2) is 0 Å². The molecule has 2 N–H and O–H groups in total. The summed E-state index contributed by atoms with van der Waals surface area (Å²) in [5.41, 5.74) is 6.14. The molecule has 1 saturated heterocycles. The fourth-order valence-electron chi connectivity index (χ4n) is 3.10. The second-order valence-corrected chi connectivity index (χ2v) is 6.33. The van der Waals surface area contributed by atoms with Gasteiger partial charge < -0.3 is 10.6 Å². The topological polar surface area (TPSA) is 59.2 Å². The monoisotopic (exact) mass is 333 g/mol. The maximum atomic E-state index is 14.2. The Hall–Kier alpha value is -2.14. The largest absolute Gasteiger partial charge is 0.366 e. The summed E-state index contributed by atoms with van der Waals surface area (Å²) in [6, 6.07) is 8.13. The Morgan fingerprint density at radius 3 is 2.83 bits per heavy atom. The van der Waals surface area contributed by atoms with Gasteiger partial charge in [0.25, 0.3) is 0 Å². The fraction of sp³-hybridized carbons (Fsp3) is 0.294. The molecule has 1 fully saturated rings. The molecule has 120 valence electrons. The Labute approximate surface area is 139 Å². The smallest absolute Gasteiger partial charge is 0.250 e. The Bertz CT molecular complexity index is 752. The van der Waals surface area contributed by atoms with E-state index in [0.717, 1.165) is 13.0 Å². The van der Waals surface area contributed by atoms with E-state index in [4.69, 9.17) is 17.3 Å². The summed E-state index contributed by atoms with van der Waals surface area (Å²) in [5, 5.41) is 0.344. The number of anilines is 1. The molecule has 2 heterocycles. The lowest BCUT2D eigenvalue weighted by molar-refractivity contribution is 0.1000. The van der Waals surface area contributed by atoms with Gasteiger partial charge in [-0.2, -0.15) is 0 Å². The first kappa shape index (κ1) is 15.7. The molecule has 1 aromatic heterocycles. The van der Waals surface area contributed by atoms with Gasteiger partial charge in [-0.3, -0.25) is 4.79 Å². The predicted octanol–water partition coefficient (Wildman–Crippen LogP) is 3.56. The molecule has 2 aromatic rings. The third-order valence-corrected chi connectivity index (χ3v) is 4.43. The summed E-state index contributed by atoms with van der Waals surface area (Å²) in [7, 11) is 0. The molecular formula is C17H17ClFN3O. The van der Waals surface area contributed by atoms with Crippen molar-refractivity contribution >= 4 is 23.3 Å². The first-order valence-corrected chi connectivity index (χ1v) is 7.81. The van der Waals surface area contributed by atoms with Crippen molar-refractivity contribution < 1.29 is 9.18 Å². The molecule has 0 bridgehead atoms. The van der Waals surface area contributed by atoms with Crippen LogP contribution in [0.5, 0.6) is 0 Å². The lowest BCUT2D eigenvalue weighted by Crippen LogP contribution is -2.25. The van der Waals surface area contributed by atoms with E-state index in [1.165, 1.54) is 18.3 Å². The highest BCUT2D eigenvalue weighted by atomic mass is 35.5. The predicted molar refractivity (Wildman–Crippen MR) is 88.0 cm³/mol. The number of hydrogen-bond acceptors (Lipinski definition) is 3. The van der Waals surface area contributed by atoms with E-state index < -0.39 is 5.91 Å². The number of pyridine rings is 1. The van der Waals surface area contributed by atoms with Gasteiger partial charge in [0, 0.05) is 18.3 Å². The van der Waals surface area contributed by atoms with Gasteiger partial charge in [0.05, 0.1) is 16.6 Å². The molecule has 4 nitrogen and oxygen atoms in total. The van der Waals surface area contributed by atoms with E-state index in [0.29, 0.717) is 22.3 Å². The number of nitrogens with zero attached hydrogens (tertiary/aromatic N) is 2. The molecule has 1 aromatic carbocycles. The van der Waals surface area contributed by atoms with Gasteiger partial charge in [-0.1, -0.05) is 36.7 Å². The molecular weight excluding hydrogens is 317 g/mol. The average molecular weight is 334 g/mol. The number of halogens is 2. The second-order valence-electron chi connectivity index (χ2n) is 5.92. The summed E-state index contributed by atoms with van der Waals surface area (Å²) in [6.45, 7) is 2.83. The fourth-order valence-corrected chi connectivity index (χ4v) is 3.37. The minimum atomic E-state index is -0.577. The van der Waals surface area contributed by atoms with Crippen LogP contribution >= 0.6 is 11.6 Å². The first-order valence-electron chi connectivity index (χ1n) is 7.43. The number of carbonyl (C=O) groups excluding carboxylic acids is 1. The van der Waals surface area contributed by atoms with E-state index in [-0.39, 0.29) is 17.4 Å². The zero-order chi connectivity index (χ0) is 16.6. The van der Waals surface area contributed by atoms with Gasteiger partial charge in [-0.05, 0) is 24.5 Å².